The van der Waals surface area contributed by atoms with Gasteiger partial charge < -0.3 is 10.2 Å². The van der Waals surface area contributed by atoms with Gasteiger partial charge in [-0.2, -0.15) is 0 Å². The fraction of sp³-hybridized carbons (Fsp3) is 0.700. The smallest absolute Gasteiger partial charge is 0.318 e. The Morgan fingerprint density at radius 3 is 2.69 bits per heavy atom. The summed E-state index contributed by atoms with van der Waals surface area (Å²) in [6.45, 7) is 4.02. The average Bonchev–Trinajstić information content (AvgIpc) is 2.19. The number of likely N-dealkylation sites (tertiary alicyclic amines) is 1. The van der Waals surface area contributed by atoms with E-state index in [4.69, 9.17) is 0 Å². The Kier molecular flexibility index (Phi) is 4.17. The predicted octanol–water partition coefficient (Wildman–Crippen LogP) is 1.21. The molecule has 0 aromatic rings. The van der Waals surface area contributed by atoms with Crippen LogP contribution in [0.4, 0.5) is 4.79 Å². The molecule has 0 unspecified atom stereocenters. The lowest BCUT2D eigenvalue weighted by Crippen LogP contribution is -2.42. The Bertz CT molecular complexity index is 221. The molecule has 3 heteroatoms. The van der Waals surface area contributed by atoms with Crippen LogP contribution in [0.3, 0.4) is 0 Å². The quantitative estimate of drug-likeness (QED) is 0.604. The number of amides is 2. The highest BCUT2D eigenvalue weighted by atomic mass is 16.2. The normalized spacial score (nSPS) is 15.9. The van der Waals surface area contributed by atoms with E-state index in [1.54, 1.807) is 6.92 Å². The molecule has 0 radical (unpaired) electrons. The molecule has 13 heavy (non-hydrogen) atoms. The van der Waals surface area contributed by atoms with Crippen LogP contribution in [-0.4, -0.2) is 30.6 Å². The molecule has 1 N–H and O–H groups in total. The van der Waals surface area contributed by atoms with Crippen molar-refractivity contribution in [3.63, 3.8) is 0 Å². The van der Waals surface area contributed by atoms with Crippen molar-refractivity contribution in [2.24, 2.45) is 0 Å². The van der Waals surface area contributed by atoms with Crippen LogP contribution in [0.1, 0.15) is 26.2 Å². The van der Waals surface area contributed by atoms with Gasteiger partial charge in [0.1, 0.15) is 0 Å². The van der Waals surface area contributed by atoms with E-state index in [1.165, 1.54) is 6.42 Å². The third-order valence-electron chi connectivity index (χ3n) is 2.15. The second-order valence-corrected chi connectivity index (χ2v) is 3.13. The van der Waals surface area contributed by atoms with Crippen molar-refractivity contribution in [3.05, 3.63) is 0 Å². The molecule has 1 fully saturated rings. The minimum absolute atomic E-state index is 0.0300. The number of carbonyl (C=O) groups is 1. The molecule has 0 atom stereocenters. The highest BCUT2D eigenvalue weighted by Gasteiger charge is 2.14. The Morgan fingerprint density at radius 2 is 2.08 bits per heavy atom. The van der Waals surface area contributed by atoms with Crippen molar-refractivity contribution in [1.82, 2.24) is 10.2 Å². The third kappa shape index (κ3) is 3.37. The predicted molar refractivity (Wildman–Crippen MR) is 52.3 cm³/mol. The molecule has 1 aliphatic rings. The van der Waals surface area contributed by atoms with Crippen LogP contribution >= 0.6 is 0 Å². The third-order valence-corrected chi connectivity index (χ3v) is 2.15. The van der Waals surface area contributed by atoms with Crippen molar-refractivity contribution in [3.8, 4) is 11.8 Å². The van der Waals surface area contributed by atoms with Crippen LogP contribution in [0, 0.1) is 11.8 Å². The highest BCUT2D eigenvalue weighted by molar-refractivity contribution is 5.74. The highest BCUT2D eigenvalue weighted by Crippen LogP contribution is 2.07. The second kappa shape index (κ2) is 5.47. The van der Waals surface area contributed by atoms with Crippen molar-refractivity contribution in [1.29, 1.82) is 0 Å². The zero-order valence-electron chi connectivity index (χ0n) is 8.10. The van der Waals surface area contributed by atoms with Crippen molar-refractivity contribution in [2.45, 2.75) is 26.2 Å². The van der Waals surface area contributed by atoms with Crippen molar-refractivity contribution in [2.75, 3.05) is 19.6 Å². The van der Waals surface area contributed by atoms with E-state index in [1.807, 2.05) is 4.90 Å². The van der Waals surface area contributed by atoms with Crippen LogP contribution in [0.15, 0.2) is 0 Å². The zero-order valence-corrected chi connectivity index (χ0v) is 8.10. The Labute approximate surface area is 79.5 Å². The molecule has 1 aliphatic heterocycles. The summed E-state index contributed by atoms with van der Waals surface area (Å²) in [5, 5.41) is 2.77. The minimum atomic E-state index is 0.0300. The van der Waals surface area contributed by atoms with E-state index in [9.17, 15) is 4.79 Å². The van der Waals surface area contributed by atoms with Crippen LogP contribution in [-0.2, 0) is 0 Å². The van der Waals surface area contributed by atoms with E-state index >= 15 is 0 Å². The van der Waals surface area contributed by atoms with Crippen LogP contribution in [0.2, 0.25) is 0 Å². The molecule has 0 spiro atoms. The molecule has 0 aliphatic carbocycles. The van der Waals surface area contributed by atoms with Gasteiger partial charge in [0, 0.05) is 13.1 Å². The Morgan fingerprint density at radius 1 is 1.38 bits per heavy atom. The Hall–Kier alpha value is -1.17. The van der Waals surface area contributed by atoms with Gasteiger partial charge in [-0.25, -0.2) is 4.79 Å². The van der Waals surface area contributed by atoms with E-state index in [-0.39, 0.29) is 6.03 Å². The molecule has 72 valence electrons. The van der Waals surface area contributed by atoms with Gasteiger partial charge in [0.2, 0.25) is 0 Å². The molecule has 3 nitrogen and oxygen atoms in total. The number of piperidine rings is 1. The summed E-state index contributed by atoms with van der Waals surface area (Å²) in [7, 11) is 0. The molecule has 0 saturated carbocycles. The average molecular weight is 180 g/mol. The first-order valence-electron chi connectivity index (χ1n) is 4.77. The maximum absolute atomic E-state index is 11.4. The fourth-order valence-electron chi connectivity index (χ4n) is 1.42. The number of hydrogen-bond donors (Lipinski definition) is 1. The summed E-state index contributed by atoms with van der Waals surface area (Å²) in [6, 6.07) is 0.0300. The number of nitrogens with one attached hydrogen (secondary N) is 1. The molecular weight excluding hydrogens is 164 g/mol. The number of carbonyl (C=O) groups excluding carboxylic acids is 1. The van der Waals surface area contributed by atoms with E-state index in [2.05, 4.69) is 17.2 Å². The minimum Gasteiger partial charge on any atom is -0.327 e. The van der Waals surface area contributed by atoms with Gasteiger partial charge in [-0.05, 0) is 26.2 Å². The van der Waals surface area contributed by atoms with Crippen LogP contribution < -0.4 is 5.32 Å². The second-order valence-electron chi connectivity index (χ2n) is 3.13. The first-order valence-corrected chi connectivity index (χ1v) is 4.77. The van der Waals surface area contributed by atoms with Crippen molar-refractivity contribution >= 4 is 6.03 Å². The zero-order chi connectivity index (χ0) is 9.52. The van der Waals surface area contributed by atoms with Gasteiger partial charge in [0.25, 0.3) is 0 Å². The fourth-order valence-corrected chi connectivity index (χ4v) is 1.42. The number of nitrogens with zero attached hydrogens (tertiary/aromatic N) is 1. The number of rotatable bonds is 1. The van der Waals surface area contributed by atoms with Gasteiger partial charge in [-0.1, -0.05) is 5.92 Å². The standard InChI is InChI=1S/C10H16N2O/c1-2-3-7-11-10(13)12-8-5-4-6-9-12/h4-9H2,1H3,(H,11,13). The monoisotopic (exact) mass is 180 g/mol. The Balaban J connectivity index is 2.23. The van der Waals surface area contributed by atoms with Crippen LogP contribution in [0.5, 0.6) is 0 Å². The number of urea groups is 1. The largest absolute Gasteiger partial charge is 0.327 e. The van der Waals surface area contributed by atoms with Gasteiger partial charge in [0.05, 0.1) is 6.54 Å². The molecule has 0 aromatic heterocycles. The maximum Gasteiger partial charge on any atom is 0.318 e. The summed E-state index contributed by atoms with van der Waals surface area (Å²) >= 11 is 0. The lowest BCUT2D eigenvalue weighted by atomic mass is 10.1. The maximum atomic E-state index is 11.4. The molecule has 1 saturated heterocycles. The van der Waals surface area contributed by atoms with E-state index in [0.29, 0.717) is 6.54 Å². The SMILES string of the molecule is CC#CCNC(=O)N1CCCCC1. The molecular formula is C10H16N2O. The lowest BCUT2D eigenvalue weighted by Gasteiger charge is -2.26. The molecule has 0 bridgehead atoms. The van der Waals surface area contributed by atoms with Gasteiger partial charge >= 0.3 is 6.03 Å². The first kappa shape index (κ1) is 9.91. The van der Waals surface area contributed by atoms with E-state index < -0.39 is 0 Å². The summed E-state index contributed by atoms with van der Waals surface area (Å²) in [4.78, 5) is 13.3. The van der Waals surface area contributed by atoms with Gasteiger partial charge in [0.15, 0.2) is 0 Å². The van der Waals surface area contributed by atoms with Crippen LogP contribution in [0.25, 0.3) is 0 Å². The molecule has 1 heterocycles. The van der Waals surface area contributed by atoms with Gasteiger partial charge in [-0.3, -0.25) is 0 Å². The summed E-state index contributed by atoms with van der Waals surface area (Å²) in [6.07, 6.45) is 3.51. The summed E-state index contributed by atoms with van der Waals surface area (Å²) in [5.41, 5.74) is 0. The summed E-state index contributed by atoms with van der Waals surface area (Å²) < 4.78 is 0. The number of hydrogen-bond acceptors (Lipinski definition) is 1. The van der Waals surface area contributed by atoms with E-state index in [0.717, 1.165) is 25.9 Å². The first-order chi connectivity index (χ1) is 6.34. The summed E-state index contributed by atoms with van der Waals surface area (Å²) in [5.74, 6) is 5.55. The van der Waals surface area contributed by atoms with Crippen molar-refractivity contribution < 1.29 is 4.79 Å². The molecule has 0 aromatic carbocycles. The lowest BCUT2D eigenvalue weighted by molar-refractivity contribution is 0.188. The topological polar surface area (TPSA) is 32.3 Å². The van der Waals surface area contributed by atoms with Gasteiger partial charge in [-0.15, -0.1) is 5.92 Å². The molecule has 2 amide bonds. The molecule has 1 rings (SSSR count).